The van der Waals surface area contributed by atoms with Crippen molar-refractivity contribution in [1.29, 1.82) is 0 Å². The highest BCUT2D eigenvalue weighted by Gasteiger charge is 2.29. The van der Waals surface area contributed by atoms with E-state index in [1.54, 1.807) is 41.9 Å². The van der Waals surface area contributed by atoms with Crippen LogP contribution >= 0.6 is 11.8 Å². The van der Waals surface area contributed by atoms with Crippen LogP contribution in [0.1, 0.15) is 22.6 Å². The van der Waals surface area contributed by atoms with E-state index in [1.807, 2.05) is 0 Å². The lowest BCUT2D eigenvalue weighted by atomic mass is 10.1. The number of hydrogen-bond donors (Lipinski definition) is 1. The molecule has 1 aromatic carbocycles. The Bertz CT molecular complexity index is 941. The number of thioether (sulfide) groups is 1. The number of nitrogens with zero attached hydrogens (tertiary/aromatic N) is 3. The molecule has 2 amide bonds. The van der Waals surface area contributed by atoms with Crippen LogP contribution in [0.4, 0.5) is 0 Å². The van der Waals surface area contributed by atoms with Gasteiger partial charge in [-0.1, -0.05) is 30.0 Å². The monoisotopic (exact) mass is 408 g/mol. The summed E-state index contributed by atoms with van der Waals surface area (Å²) in [4.78, 5) is 24.0. The average Bonchev–Trinajstić information content (AvgIpc) is 3.16. The van der Waals surface area contributed by atoms with Crippen molar-refractivity contribution in [1.82, 2.24) is 20.1 Å². The lowest BCUT2D eigenvalue weighted by Gasteiger charge is -2.07. The van der Waals surface area contributed by atoms with Crippen LogP contribution in [-0.2, 0) is 28.1 Å². The van der Waals surface area contributed by atoms with E-state index in [-0.39, 0.29) is 23.2 Å². The second-order valence-corrected chi connectivity index (χ2v) is 9.63. The average molecular weight is 409 g/mol. The first-order valence-electron chi connectivity index (χ1n) is 8.45. The zero-order valence-corrected chi connectivity index (χ0v) is 16.4. The summed E-state index contributed by atoms with van der Waals surface area (Å²) in [5.41, 5.74) is 0.420. The summed E-state index contributed by atoms with van der Waals surface area (Å²) >= 11 is 1.18. The molecule has 0 spiro atoms. The van der Waals surface area contributed by atoms with Crippen molar-refractivity contribution in [2.45, 2.75) is 18.0 Å². The standard InChI is InChI=1S/C17H20N4O4S2/c1-21-14(9-12-7-8-27(24,25)11-12)19-20-17(21)26-10-15(22)18-16(23)13-5-3-2-4-6-13/h2-6,12H,7-11H2,1H3,(H,18,22,23)/t12-/m1/s1. The lowest BCUT2D eigenvalue weighted by Crippen LogP contribution is -2.31. The van der Waals surface area contributed by atoms with E-state index >= 15 is 0 Å². The fourth-order valence-corrected chi connectivity index (χ4v) is 5.49. The number of rotatable bonds is 6. The minimum Gasteiger partial charge on any atom is -0.309 e. The van der Waals surface area contributed by atoms with E-state index in [0.717, 1.165) is 0 Å². The quantitative estimate of drug-likeness (QED) is 0.705. The molecule has 27 heavy (non-hydrogen) atoms. The van der Waals surface area contributed by atoms with Crippen molar-refractivity contribution >= 4 is 33.4 Å². The predicted octanol–water partition coefficient (Wildman–Crippen LogP) is 0.841. The summed E-state index contributed by atoms with van der Waals surface area (Å²) < 4.78 is 24.9. The molecule has 0 saturated carbocycles. The van der Waals surface area contributed by atoms with Crippen molar-refractivity contribution in [2.24, 2.45) is 13.0 Å². The normalized spacial score (nSPS) is 18.3. The van der Waals surface area contributed by atoms with Gasteiger partial charge in [-0.2, -0.15) is 0 Å². The fourth-order valence-electron chi connectivity index (χ4n) is 2.89. The summed E-state index contributed by atoms with van der Waals surface area (Å²) in [6.45, 7) is 0. The molecule has 1 aromatic heterocycles. The van der Waals surface area contributed by atoms with Crippen molar-refractivity contribution < 1.29 is 18.0 Å². The molecule has 8 nitrogen and oxygen atoms in total. The molecule has 0 radical (unpaired) electrons. The van der Waals surface area contributed by atoms with Gasteiger partial charge < -0.3 is 4.57 Å². The first-order valence-corrected chi connectivity index (χ1v) is 11.3. The van der Waals surface area contributed by atoms with Crippen LogP contribution in [-0.4, -0.2) is 52.3 Å². The minimum absolute atomic E-state index is 0.0301. The Kier molecular flexibility index (Phi) is 5.95. The van der Waals surface area contributed by atoms with Crippen molar-refractivity contribution in [3.05, 3.63) is 41.7 Å². The van der Waals surface area contributed by atoms with Crippen LogP contribution in [0.25, 0.3) is 0 Å². The zero-order valence-electron chi connectivity index (χ0n) is 14.8. The van der Waals surface area contributed by atoms with Crippen molar-refractivity contribution in [2.75, 3.05) is 17.3 Å². The first kappa shape index (κ1) is 19.6. The Morgan fingerprint density at radius 1 is 1.26 bits per heavy atom. The van der Waals surface area contributed by atoms with Gasteiger partial charge in [0.05, 0.1) is 17.3 Å². The van der Waals surface area contributed by atoms with E-state index in [0.29, 0.717) is 29.4 Å². The number of sulfone groups is 1. The highest BCUT2D eigenvalue weighted by molar-refractivity contribution is 7.99. The van der Waals surface area contributed by atoms with Gasteiger partial charge in [0.2, 0.25) is 5.91 Å². The molecule has 1 atom stereocenters. The molecule has 3 rings (SSSR count). The van der Waals surface area contributed by atoms with Gasteiger partial charge >= 0.3 is 0 Å². The highest BCUT2D eigenvalue weighted by Crippen LogP contribution is 2.23. The molecule has 10 heteroatoms. The molecule has 1 aliphatic rings. The highest BCUT2D eigenvalue weighted by atomic mass is 32.2. The smallest absolute Gasteiger partial charge is 0.257 e. The predicted molar refractivity (Wildman–Crippen MR) is 101 cm³/mol. The number of carbonyl (C=O) groups excluding carboxylic acids is 2. The molecule has 0 unspecified atom stereocenters. The maximum absolute atomic E-state index is 12.0. The molecule has 2 aromatic rings. The Morgan fingerprint density at radius 3 is 2.67 bits per heavy atom. The number of benzene rings is 1. The first-order chi connectivity index (χ1) is 12.8. The number of hydrogen-bond acceptors (Lipinski definition) is 7. The third-order valence-electron chi connectivity index (χ3n) is 4.34. The van der Waals surface area contributed by atoms with Crippen LogP contribution in [0.2, 0.25) is 0 Å². The maximum atomic E-state index is 12.0. The molecule has 0 bridgehead atoms. The minimum atomic E-state index is -2.93. The molecule has 1 aliphatic heterocycles. The van der Waals surface area contributed by atoms with E-state index in [2.05, 4.69) is 15.5 Å². The van der Waals surface area contributed by atoms with Gasteiger partial charge in [-0.15, -0.1) is 10.2 Å². The number of imide groups is 1. The summed E-state index contributed by atoms with van der Waals surface area (Å²) in [5, 5.41) is 11.1. The number of amides is 2. The van der Waals surface area contributed by atoms with Gasteiger partial charge in [-0.05, 0) is 24.5 Å². The molecular formula is C17H20N4O4S2. The molecular weight excluding hydrogens is 388 g/mol. The van der Waals surface area contributed by atoms with Gasteiger partial charge in [0.15, 0.2) is 15.0 Å². The third-order valence-corrected chi connectivity index (χ3v) is 7.20. The van der Waals surface area contributed by atoms with E-state index < -0.39 is 21.7 Å². The van der Waals surface area contributed by atoms with Crippen LogP contribution in [0.5, 0.6) is 0 Å². The Balaban J connectivity index is 1.52. The summed E-state index contributed by atoms with van der Waals surface area (Å²) in [7, 11) is -1.14. The lowest BCUT2D eigenvalue weighted by molar-refractivity contribution is -0.117. The Morgan fingerprint density at radius 2 is 2.00 bits per heavy atom. The number of carbonyl (C=O) groups is 2. The van der Waals surface area contributed by atoms with Gasteiger partial charge in [-0.3, -0.25) is 14.9 Å². The van der Waals surface area contributed by atoms with E-state index in [4.69, 9.17) is 0 Å². The second kappa shape index (κ2) is 8.22. The molecule has 1 saturated heterocycles. The van der Waals surface area contributed by atoms with E-state index in [9.17, 15) is 18.0 Å². The molecule has 1 N–H and O–H groups in total. The second-order valence-electron chi connectivity index (χ2n) is 6.46. The van der Waals surface area contributed by atoms with E-state index in [1.165, 1.54) is 11.8 Å². The van der Waals surface area contributed by atoms with Crippen LogP contribution in [0.15, 0.2) is 35.5 Å². The van der Waals surface area contributed by atoms with Gasteiger partial charge in [0.1, 0.15) is 5.82 Å². The molecule has 1 fully saturated rings. The molecule has 0 aliphatic carbocycles. The van der Waals surface area contributed by atoms with Crippen LogP contribution < -0.4 is 5.32 Å². The summed E-state index contributed by atoms with van der Waals surface area (Å²) in [6, 6.07) is 8.51. The van der Waals surface area contributed by atoms with Crippen molar-refractivity contribution in [3.8, 4) is 0 Å². The van der Waals surface area contributed by atoms with Crippen LogP contribution in [0.3, 0.4) is 0 Å². The largest absolute Gasteiger partial charge is 0.309 e. The topological polar surface area (TPSA) is 111 Å². The summed E-state index contributed by atoms with van der Waals surface area (Å²) in [6.07, 6.45) is 1.18. The zero-order chi connectivity index (χ0) is 19.4. The summed E-state index contributed by atoms with van der Waals surface area (Å²) in [5.74, 6) is 0.340. The van der Waals surface area contributed by atoms with Crippen LogP contribution in [0, 0.1) is 5.92 Å². The van der Waals surface area contributed by atoms with Gasteiger partial charge in [0, 0.05) is 19.0 Å². The fraction of sp³-hybridized carbons (Fsp3) is 0.412. The molecule has 144 valence electrons. The SMILES string of the molecule is Cn1c(C[C@H]2CCS(=O)(=O)C2)nnc1SCC(=O)NC(=O)c1ccccc1. The maximum Gasteiger partial charge on any atom is 0.257 e. The van der Waals surface area contributed by atoms with Gasteiger partial charge in [0.25, 0.3) is 5.91 Å². The Hall–Kier alpha value is -2.20. The Labute approximate surface area is 161 Å². The number of nitrogens with one attached hydrogen (secondary N) is 1. The van der Waals surface area contributed by atoms with Gasteiger partial charge in [-0.25, -0.2) is 8.42 Å². The number of aromatic nitrogens is 3. The third kappa shape index (κ3) is 5.16. The van der Waals surface area contributed by atoms with Crippen molar-refractivity contribution in [3.63, 3.8) is 0 Å². The molecule has 2 heterocycles.